The van der Waals surface area contributed by atoms with Crippen molar-refractivity contribution < 1.29 is 14.3 Å². The number of thiophene rings is 1. The third kappa shape index (κ3) is 5.26. The molecule has 0 spiro atoms. The van der Waals surface area contributed by atoms with E-state index < -0.39 is 5.91 Å². The highest BCUT2D eigenvalue weighted by atomic mass is 32.1. The van der Waals surface area contributed by atoms with Crippen molar-refractivity contribution in [2.75, 3.05) is 26.0 Å². The summed E-state index contributed by atoms with van der Waals surface area (Å²) < 4.78 is 5.61. The number of nitrogens with one attached hydrogen (secondary N) is 1. The fourth-order valence-corrected chi connectivity index (χ4v) is 2.57. The number of ether oxygens (including phenoxy) is 1. The molecule has 1 rings (SSSR count). The number of urea groups is 1. The van der Waals surface area contributed by atoms with Gasteiger partial charge in [-0.15, -0.1) is 11.3 Å². The van der Waals surface area contributed by atoms with Crippen molar-refractivity contribution in [2.45, 2.75) is 32.6 Å². The molecule has 6 nitrogen and oxygen atoms in total. The van der Waals surface area contributed by atoms with E-state index in [1.807, 2.05) is 0 Å². The number of amides is 3. The maximum atomic E-state index is 11.7. The van der Waals surface area contributed by atoms with E-state index in [4.69, 9.17) is 10.5 Å². The molecule has 1 aromatic heterocycles. The summed E-state index contributed by atoms with van der Waals surface area (Å²) in [6, 6.07) is -0.311. The van der Waals surface area contributed by atoms with E-state index in [-0.39, 0.29) is 11.6 Å². The molecule has 3 amide bonds. The highest BCUT2D eigenvalue weighted by Gasteiger charge is 2.20. The molecule has 0 aliphatic rings. The molecule has 7 heteroatoms. The normalized spacial score (nSPS) is 10.2. The minimum absolute atomic E-state index is 0.241. The number of unbranched alkanes of at least 4 members (excludes halogenated alkanes) is 3. The molecule has 21 heavy (non-hydrogen) atoms. The van der Waals surface area contributed by atoms with Gasteiger partial charge in [0.25, 0.3) is 5.91 Å². The summed E-state index contributed by atoms with van der Waals surface area (Å²) in [6.45, 7) is 2.68. The molecule has 0 bridgehead atoms. The number of hydrogen-bond donors (Lipinski definition) is 2. The van der Waals surface area contributed by atoms with Gasteiger partial charge in [-0.2, -0.15) is 0 Å². The van der Waals surface area contributed by atoms with E-state index in [1.165, 1.54) is 22.7 Å². The predicted octanol–water partition coefficient (Wildman–Crippen LogP) is 2.90. The first-order valence-electron chi connectivity index (χ1n) is 6.99. The molecule has 118 valence electrons. The zero-order chi connectivity index (χ0) is 15.8. The number of nitrogens with zero attached hydrogens (tertiary/aromatic N) is 1. The lowest BCUT2D eigenvalue weighted by Gasteiger charge is -2.12. The lowest BCUT2D eigenvalue weighted by atomic mass is 10.2. The van der Waals surface area contributed by atoms with Crippen LogP contribution in [0.4, 0.5) is 9.80 Å². The fraction of sp³-hybridized carbons (Fsp3) is 0.571. The van der Waals surface area contributed by atoms with E-state index in [1.54, 1.807) is 19.5 Å². The molecular weight excluding hydrogens is 290 g/mol. The third-order valence-electron chi connectivity index (χ3n) is 2.89. The Morgan fingerprint density at radius 3 is 2.62 bits per heavy atom. The third-order valence-corrected chi connectivity index (χ3v) is 3.76. The van der Waals surface area contributed by atoms with Gasteiger partial charge in [0.2, 0.25) is 0 Å². The molecule has 3 N–H and O–H groups in total. The van der Waals surface area contributed by atoms with Crippen LogP contribution < -0.4 is 15.8 Å². The Balaban J connectivity index is 2.70. The van der Waals surface area contributed by atoms with Crippen LogP contribution in [0.2, 0.25) is 0 Å². The van der Waals surface area contributed by atoms with E-state index in [0.717, 1.165) is 19.3 Å². The van der Waals surface area contributed by atoms with Crippen LogP contribution in [-0.2, 0) is 0 Å². The molecule has 0 unspecified atom stereocenters. The minimum atomic E-state index is -0.603. The monoisotopic (exact) mass is 313 g/mol. The lowest BCUT2D eigenvalue weighted by molar-refractivity contribution is 0.0997. The molecule has 0 aliphatic carbocycles. The van der Waals surface area contributed by atoms with Gasteiger partial charge in [0, 0.05) is 19.5 Å². The maximum Gasteiger partial charge on any atom is 0.321 e. The second-order valence-electron chi connectivity index (χ2n) is 4.90. The van der Waals surface area contributed by atoms with Gasteiger partial charge in [-0.3, -0.25) is 10.1 Å². The number of primary amides is 1. The van der Waals surface area contributed by atoms with Crippen molar-refractivity contribution in [1.82, 2.24) is 4.90 Å². The first-order chi connectivity index (χ1) is 9.97. The Kier molecular flexibility index (Phi) is 7.01. The number of carbonyl (C=O) groups is 2. The molecule has 0 aliphatic heterocycles. The average Bonchev–Trinajstić information content (AvgIpc) is 2.81. The molecule has 1 aromatic rings. The summed E-state index contributed by atoms with van der Waals surface area (Å²) in [6.07, 6.45) is 4.35. The summed E-state index contributed by atoms with van der Waals surface area (Å²) in [5, 5.41) is 4.77. The maximum absolute atomic E-state index is 11.7. The zero-order valence-corrected chi connectivity index (χ0v) is 13.6. The predicted molar refractivity (Wildman–Crippen MR) is 85.2 cm³/mol. The standard InChI is InChI=1S/C14H23N3O3S/c1-4-5-6-7-8-20-10-9-21-13(11(10)12(15)18)16-14(19)17(2)3/h9H,4-8H2,1-3H3,(H2,15,18)(H,16,19). The van der Waals surface area contributed by atoms with Gasteiger partial charge in [0.1, 0.15) is 16.3 Å². The summed E-state index contributed by atoms with van der Waals surface area (Å²) in [4.78, 5) is 24.6. The first-order valence-corrected chi connectivity index (χ1v) is 7.87. The fourth-order valence-electron chi connectivity index (χ4n) is 1.69. The van der Waals surface area contributed by atoms with Crippen LogP contribution in [0.5, 0.6) is 5.75 Å². The molecule has 0 radical (unpaired) electrons. The van der Waals surface area contributed by atoms with E-state index in [9.17, 15) is 9.59 Å². The summed E-state index contributed by atoms with van der Waals surface area (Å²) in [5.41, 5.74) is 5.63. The van der Waals surface area contributed by atoms with Crippen LogP contribution in [0.15, 0.2) is 5.38 Å². The van der Waals surface area contributed by atoms with Gasteiger partial charge in [0.05, 0.1) is 6.61 Å². The highest BCUT2D eigenvalue weighted by molar-refractivity contribution is 7.15. The molecule has 0 atom stereocenters. The van der Waals surface area contributed by atoms with Crippen molar-refractivity contribution in [3.05, 3.63) is 10.9 Å². The highest BCUT2D eigenvalue weighted by Crippen LogP contribution is 2.34. The smallest absolute Gasteiger partial charge is 0.321 e. The summed E-state index contributed by atoms with van der Waals surface area (Å²) in [7, 11) is 3.25. The van der Waals surface area contributed by atoms with E-state index in [2.05, 4.69) is 12.2 Å². The first kappa shape index (κ1) is 17.3. The minimum Gasteiger partial charge on any atom is -0.492 e. The zero-order valence-electron chi connectivity index (χ0n) is 12.8. The van der Waals surface area contributed by atoms with Crippen LogP contribution >= 0.6 is 11.3 Å². The number of anilines is 1. The van der Waals surface area contributed by atoms with Crippen molar-refractivity contribution in [3.8, 4) is 5.75 Å². The SMILES string of the molecule is CCCCCCOc1csc(NC(=O)N(C)C)c1C(N)=O. The Bertz CT molecular complexity index is 486. The molecule has 0 aromatic carbocycles. The van der Waals surface area contributed by atoms with Crippen molar-refractivity contribution in [1.29, 1.82) is 0 Å². The second kappa shape index (κ2) is 8.51. The Morgan fingerprint density at radius 2 is 2.05 bits per heavy atom. The largest absolute Gasteiger partial charge is 0.492 e. The van der Waals surface area contributed by atoms with Gasteiger partial charge in [-0.1, -0.05) is 26.2 Å². The lowest BCUT2D eigenvalue weighted by Crippen LogP contribution is -2.28. The molecule has 0 saturated heterocycles. The second-order valence-corrected chi connectivity index (χ2v) is 5.78. The number of hydrogen-bond acceptors (Lipinski definition) is 4. The molecule has 0 fully saturated rings. The van der Waals surface area contributed by atoms with Crippen molar-refractivity contribution >= 4 is 28.3 Å². The van der Waals surface area contributed by atoms with Crippen LogP contribution in [0.3, 0.4) is 0 Å². The van der Waals surface area contributed by atoms with Gasteiger partial charge >= 0.3 is 6.03 Å². The number of rotatable bonds is 8. The van der Waals surface area contributed by atoms with Crippen LogP contribution in [0.1, 0.15) is 43.0 Å². The van der Waals surface area contributed by atoms with Crippen LogP contribution in [0, 0.1) is 0 Å². The molecule has 0 saturated carbocycles. The van der Waals surface area contributed by atoms with Crippen molar-refractivity contribution in [3.63, 3.8) is 0 Å². The number of carbonyl (C=O) groups excluding carboxylic acids is 2. The number of nitrogens with two attached hydrogens (primary N) is 1. The average molecular weight is 313 g/mol. The Labute approximate surface area is 129 Å². The van der Waals surface area contributed by atoms with E-state index >= 15 is 0 Å². The topological polar surface area (TPSA) is 84.7 Å². The van der Waals surface area contributed by atoms with Crippen LogP contribution in [-0.4, -0.2) is 37.5 Å². The van der Waals surface area contributed by atoms with E-state index in [0.29, 0.717) is 17.4 Å². The van der Waals surface area contributed by atoms with Gasteiger partial charge in [0.15, 0.2) is 0 Å². The van der Waals surface area contributed by atoms with Gasteiger partial charge in [-0.25, -0.2) is 4.79 Å². The summed E-state index contributed by atoms with van der Waals surface area (Å²) in [5.74, 6) is -0.160. The Morgan fingerprint density at radius 1 is 1.33 bits per heavy atom. The molecule has 1 heterocycles. The van der Waals surface area contributed by atoms with Crippen LogP contribution in [0.25, 0.3) is 0 Å². The summed E-state index contributed by atoms with van der Waals surface area (Å²) >= 11 is 1.23. The van der Waals surface area contributed by atoms with Gasteiger partial charge in [-0.05, 0) is 6.42 Å². The Hall–Kier alpha value is -1.76. The van der Waals surface area contributed by atoms with Gasteiger partial charge < -0.3 is 15.4 Å². The quantitative estimate of drug-likeness (QED) is 0.724. The van der Waals surface area contributed by atoms with Crippen molar-refractivity contribution in [2.24, 2.45) is 5.73 Å². The molecular formula is C14H23N3O3S.